The largest absolute Gasteiger partial charge is 0.466 e. The monoisotopic (exact) mass is 308 g/mol. The smallest absolute Gasteiger partial charge is 0.315 e. The third-order valence-corrected chi connectivity index (χ3v) is 4.01. The lowest BCUT2D eigenvalue weighted by Crippen LogP contribution is -2.46. The van der Waals surface area contributed by atoms with Crippen LogP contribution in [0.2, 0.25) is 0 Å². The molecular weight excluding hydrogens is 288 g/mol. The van der Waals surface area contributed by atoms with Crippen LogP contribution in [0.4, 0.5) is 4.79 Å². The van der Waals surface area contributed by atoms with Gasteiger partial charge in [-0.2, -0.15) is 0 Å². The molecule has 2 rings (SSSR count). The predicted molar refractivity (Wildman–Crippen MR) is 82.3 cm³/mol. The van der Waals surface area contributed by atoms with E-state index in [9.17, 15) is 9.90 Å². The highest BCUT2D eigenvalue weighted by Gasteiger charge is 2.26. The minimum absolute atomic E-state index is 0.0252. The summed E-state index contributed by atoms with van der Waals surface area (Å²) in [6.07, 6.45) is 2.28. The molecule has 0 bridgehead atoms. The molecular formula is C15H20N2O3S. The Bertz CT molecular complexity index is 550. The average Bonchev–Trinajstić information content (AvgIpc) is 3.09. The molecule has 0 saturated carbocycles. The second kappa shape index (κ2) is 6.78. The number of urea groups is 1. The van der Waals surface area contributed by atoms with Gasteiger partial charge in [-0.05, 0) is 37.4 Å². The van der Waals surface area contributed by atoms with Crippen LogP contribution in [-0.4, -0.2) is 23.7 Å². The lowest BCUT2D eigenvalue weighted by atomic mass is 10.0. The van der Waals surface area contributed by atoms with Crippen molar-refractivity contribution < 1.29 is 14.3 Å². The fourth-order valence-electron chi connectivity index (χ4n) is 1.98. The standard InChI is InChI=1S/C15H20N2O3S/c1-11(9-12-5-4-8-21-12)17-14(18)16-10-15(2,19)13-6-3-7-20-13/h3-8,11,19H,9-10H2,1-2H3,(H2,16,17,18). The summed E-state index contributed by atoms with van der Waals surface area (Å²) in [5, 5.41) is 17.8. The first-order valence-electron chi connectivity index (χ1n) is 6.80. The van der Waals surface area contributed by atoms with Gasteiger partial charge in [-0.15, -0.1) is 11.3 Å². The zero-order chi connectivity index (χ0) is 15.3. The molecule has 0 aliphatic carbocycles. The van der Waals surface area contributed by atoms with E-state index in [1.165, 1.54) is 11.1 Å². The van der Waals surface area contributed by atoms with Gasteiger partial charge in [0.15, 0.2) is 0 Å². The number of hydrogen-bond acceptors (Lipinski definition) is 4. The van der Waals surface area contributed by atoms with E-state index in [2.05, 4.69) is 10.6 Å². The number of thiophene rings is 1. The lowest BCUT2D eigenvalue weighted by Gasteiger charge is -2.22. The van der Waals surface area contributed by atoms with Gasteiger partial charge in [0.25, 0.3) is 0 Å². The van der Waals surface area contributed by atoms with Crippen LogP contribution in [0.3, 0.4) is 0 Å². The molecule has 2 atom stereocenters. The molecule has 3 N–H and O–H groups in total. The quantitative estimate of drug-likeness (QED) is 0.767. The Labute approximate surface area is 128 Å². The van der Waals surface area contributed by atoms with E-state index in [1.807, 2.05) is 24.4 Å². The molecule has 0 aliphatic heterocycles. The minimum atomic E-state index is -1.22. The molecule has 2 amide bonds. The fourth-order valence-corrected chi connectivity index (χ4v) is 2.82. The molecule has 21 heavy (non-hydrogen) atoms. The molecule has 0 fully saturated rings. The van der Waals surface area contributed by atoms with Crippen LogP contribution >= 0.6 is 11.3 Å². The van der Waals surface area contributed by atoms with Crippen LogP contribution < -0.4 is 10.6 Å². The molecule has 0 spiro atoms. The van der Waals surface area contributed by atoms with E-state index < -0.39 is 5.60 Å². The SMILES string of the molecule is CC(Cc1cccs1)NC(=O)NCC(C)(O)c1ccco1. The number of carbonyl (C=O) groups is 1. The topological polar surface area (TPSA) is 74.5 Å². The number of rotatable bonds is 6. The molecule has 2 unspecified atom stereocenters. The number of hydrogen-bond donors (Lipinski definition) is 3. The van der Waals surface area contributed by atoms with Crippen LogP contribution in [0.1, 0.15) is 24.5 Å². The highest BCUT2D eigenvalue weighted by Crippen LogP contribution is 2.19. The van der Waals surface area contributed by atoms with E-state index in [0.29, 0.717) is 5.76 Å². The van der Waals surface area contributed by atoms with Crippen LogP contribution in [0.25, 0.3) is 0 Å². The van der Waals surface area contributed by atoms with Gasteiger partial charge in [0.1, 0.15) is 11.4 Å². The van der Waals surface area contributed by atoms with Crippen molar-refractivity contribution in [2.45, 2.75) is 31.9 Å². The number of carbonyl (C=O) groups excluding carboxylic acids is 1. The van der Waals surface area contributed by atoms with Gasteiger partial charge in [-0.1, -0.05) is 6.07 Å². The number of amides is 2. The van der Waals surface area contributed by atoms with Gasteiger partial charge in [0.05, 0.1) is 12.8 Å². The van der Waals surface area contributed by atoms with Crippen molar-refractivity contribution in [1.82, 2.24) is 10.6 Å². The Kier molecular flexibility index (Phi) is 5.03. The zero-order valence-electron chi connectivity index (χ0n) is 12.1. The second-order valence-electron chi connectivity index (χ2n) is 5.26. The Balaban J connectivity index is 1.77. The van der Waals surface area contributed by atoms with Crippen LogP contribution in [0.15, 0.2) is 40.3 Å². The molecule has 2 heterocycles. The van der Waals surface area contributed by atoms with E-state index in [-0.39, 0.29) is 18.6 Å². The molecule has 114 valence electrons. The van der Waals surface area contributed by atoms with Crippen LogP contribution in [0, 0.1) is 0 Å². The van der Waals surface area contributed by atoms with Crippen molar-refractivity contribution in [3.8, 4) is 0 Å². The molecule has 5 nitrogen and oxygen atoms in total. The normalized spacial score (nSPS) is 15.2. The summed E-state index contributed by atoms with van der Waals surface area (Å²) in [5.74, 6) is 0.425. The second-order valence-corrected chi connectivity index (χ2v) is 6.29. The van der Waals surface area contributed by atoms with Crippen molar-refractivity contribution in [3.63, 3.8) is 0 Å². The molecule has 2 aromatic rings. The summed E-state index contributed by atoms with van der Waals surface area (Å²) in [6.45, 7) is 3.63. The highest BCUT2D eigenvalue weighted by atomic mass is 32.1. The first-order chi connectivity index (χ1) is 9.97. The average molecular weight is 308 g/mol. The molecule has 0 saturated heterocycles. The van der Waals surface area contributed by atoms with Gasteiger partial charge in [0.2, 0.25) is 0 Å². The first kappa shape index (κ1) is 15.6. The lowest BCUT2D eigenvalue weighted by molar-refractivity contribution is 0.0366. The maximum atomic E-state index is 11.8. The number of aliphatic hydroxyl groups is 1. The number of furan rings is 1. The summed E-state index contributed by atoms with van der Waals surface area (Å²) in [7, 11) is 0. The Morgan fingerprint density at radius 3 is 2.90 bits per heavy atom. The van der Waals surface area contributed by atoms with Crippen molar-refractivity contribution >= 4 is 17.4 Å². The maximum Gasteiger partial charge on any atom is 0.315 e. The van der Waals surface area contributed by atoms with E-state index >= 15 is 0 Å². The zero-order valence-corrected chi connectivity index (χ0v) is 12.9. The Hall–Kier alpha value is -1.79. The van der Waals surface area contributed by atoms with Gasteiger partial charge in [0, 0.05) is 17.3 Å². The third kappa shape index (κ3) is 4.61. The Morgan fingerprint density at radius 2 is 2.29 bits per heavy atom. The van der Waals surface area contributed by atoms with Crippen molar-refractivity contribution in [2.75, 3.05) is 6.54 Å². The van der Waals surface area contributed by atoms with Gasteiger partial charge >= 0.3 is 6.03 Å². The fraction of sp³-hybridized carbons (Fsp3) is 0.400. The summed E-state index contributed by atoms with van der Waals surface area (Å²) < 4.78 is 5.16. The third-order valence-electron chi connectivity index (χ3n) is 3.11. The van der Waals surface area contributed by atoms with Crippen molar-refractivity contribution in [1.29, 1.82) is 0 Å². The van der Waals surface area contributed by atoms with Crippen molar-refractivity contribution in [3.05, 3.63) is 46.5 Å². The van der Waals surface area contributed by atoms with Gasteiger partial charge in [-0.3, -0.25) is 0 Å². The van der Waals surface area contributed by atoms with Gasteiger partial charge < -0.3 is 20.2 Å². The molecule has 0 aromatic carbocycles. The minimum Gasteiger partial charge on any atom is -0.466 e. The van der Waals surface area contributed by atoms with Crippen LogP contribution in [0.5, 0.6) is 0 Å². The van der Waals surface area contributed by atoms with Gasteiger partial charge in [-0.25, -0.2) is 4.79 Å². The predicted octanol–water partition coefficient (Wildman–Crippen LogP) is 2.48. The summed E-state index contributed by atoms with van der Waals surface area (Å²) in [6, 6.07) is 7.14. The van der Waals surface area contributed by atoms with Crippen molar-refractivity contribution in [2.24, 2.45) is 0 Å². The number of nitrogens with one attached hydrogen (secondary N) is 2. The molecule has 0 aliphatic rings. The highest BCUT2D eigenvalue weighted by molar-refractivity contribution is 7.09. The molecule has 6 heteroatoms. The summed E-state index contributed by atoms with van der Waals surface area (Å²) in [5.41, 5.74) is -1.22. The summed E-state index contributed by atoms with van der Waals surface area (Å²) >= 11 is 1.67. The Morgan fingerprint density at radius 1 is 1.48 bits per heavy atom. The molecule has 2 aromatic heterocycles. The maximum absolute atomic E-state index is 11.8. The van der Waals surface area contributed by atoms with E-state index in [1.54, 1.807) is 30.4 Å². The van der Waals surface area contributed by atoms with E-state index in [0.717, 1.165) is 6.42 Å². The first-order valence-corrected chi connectivity index (χ1v) is 7.68. The summed E-state index contributed by atoms with van der Waals surface area (Å²) in [4.78, 5) is 13.1. The molecule has 0 radical (unpaired) electrons. The van der Waals surface area contributed by atoms with E-state index in [4.69, 9.17) is 4.42 Å². The van der Waals surface area contributed by atoms with Crippen LogP contribution in [-0.2, 0) is 12.0 Å².